The minimum absolute atomic E-state index is 0.0463. The predicted octanol–water partition coefficient (Wildman–Crippen LogP) is 5.43. The van der Waals surface area contributed by atoms with Gasteiger partial charge in [-0.05, 0) is 36.8 Å². The van der Waals surface area contributed by atoms with Gasteiger partial charge >= 0.3 is 6.18 Å². The molecule has 0 bridgehead atoms. The van der Waals surface area contributed by atoms with E-state index in [1.165, 1.54) is 18.3 Å². The number of nitrogens with zero attached hydrogens (tertiary/aromatic N) is 4. The van der Waals surface area contributed by atoms with Crippen LogP contribution in [0.5, 0.6) is 0 Å². The molecule has 4 aromatic heterocycles. The summed E-state index contributed by atoms with van der Waals surface area (Å²) in [5.74, 6) is 0.971. The first kappa shape index (κ1) is 22.4. The molecule has 4 rings (SSSR count). The van der Waals surface area contributed by atoms with Crippen LogP contribution in [0.4, 0.5) is 30.5 Å². The van der Waals surface area contributed by atoms with E-state index in [-0.39, 0.29) is 11.4 Å². The van der Waals surface area contributed by atoms with Crippen molar-refractivity contribution >= 4 is 28.2 Å². The number of hydrogen-bond donors (Lipinski definition) is 2. The third kappa shape index (κ3) is 4.85. The van der Waals surface area contributed by atoms with Gasteiger partial charge in [-0.25, -0.2) is 9.97 Å². The number of methoxy groups -OCH3 is 1. The minimum atomic E-state index is -4.53. The average molecular weight is 454 g/mol. The van der Waals surface area contributed by atoms with Crippen LogP contribution >= 0.6 is 0 Å². The molecule has 0 aliphatic heterocycles. The maximum Gasteiger partial charge on any atom is 0.418 e. The van der Waals surface area contributed by atoms with Crippen LogP contribution in [0.2, 0.25) is 0 Å². The molecule has 1 unspecified atom stereocenters. The molecular formula is C23H21F3N6O. The number of fused-ring (bicyclic) bond motifs is 1. The molecule has 4 heterocycles. The van der Waals surface area contributed by atoms with Crippen LogP contribution in [0.25, 0.3) is 22.0 Å². The second-order valence-corrected chi connectivity index (χ2v) is 7.35. The lowest BCUT2D eigenvalue weighted by atomic mass is 10.0. The average Bonchev–Trinajstić information content (AvgIpc) is 2.79. The minimum Gasteiger partial charge on any atom is -0.373 e. The maximum absolute atomic E-state index is 13.2. The molecule has 0 saturated carbocycles. The summed E-state index contributed by atoms with van der Waals surface area (Å²) in [5.41, 5.74) is 3.78. The zero-order valence-electron chi connectivity index (χ0n) is 18.1. The molecule has 0 spiro atoms. The third-order valence-electron chi connectivity index (χ3n) is 5.11. The standard InChI is InChI=1S/C23H21F3N6O/c1-13-18(15-6-16-11-31-20(27-2)9-19(16)30-10-15)8-17(12-29-13)32-21-7-14(4-5-28-21)22(33-3)23(24,25)26/h4-12,22H,1-3H3,(H,27,31)(H,28,32). The number of pyridine rings is 4. The monoisotopic (exact) mass is 454 g/mol. The lowest BCUT2D eigenvalue weighted by molar-refractivity contribution is -0.215. The van der Waals surface area contributed by atoms with E-state index in [0.29, 0.717) is 5.69 Å². The number of anilines is 3. The molecule has 0 radical (unpaired) electrons. The number of ether oxygens (including phenoxy) is 1. The Labute approximate surface area is 188 Å². The normalized spacial score (nSPS) is 12.5. The van der Waals surface area contributed by atoms with E-state index < -0.39 is 12.3 Å². The summed E-state index contributed by atoms with van der Waals surface area (Å²) in [6, 6.07) is 8.26. The van der Waals surface area contributed by atoms with Gasteiger partial charge in [-0.15, -0.1) is 0 Å². The number of halogens is 3. The van der Waals surface area contributed by atoms with Crippen LogP contribution in [0, 0.1) is 6.92 Å². The summed E-state index contributed by atoms with van der Waals surface area (Å²) < 4.78 is 44.3. The van der Waals surface area contributed by atoms with Crippen LogP contribution in [-0.4, -0.2) is 40.3 Å². The van der Waals surface area contributed by atoms with Crippen molar-refractivity contribution in [2.75, 3.05) is 24.8 Å². The van der Waals surface area contributed by atoms with E-state index in [4.69, 9.17) is 0 Å². The quantitative estimate of drug-likeness (QED) is 0.402. The van der Waals surface area contributed by atoms with Gasteiger partial charge in [-0.1, -0.05) is 0 Å². The number of nitrogens with one attached hydrogen (secondary N) is 2. The van der Waals surface area contributed by atoms with Crippen molar-refractivity contribution in [1.82, 2.24) is 19.9 Å². The Kier molecular flexibility index (Phi) is 6.10. The second-order valence-electron chi connectivity index (χ2n) is 7.35. The van der Waals surface area contributed by atoms with Crippen molar-refractivity contribution in [2.24, 2.45) is 0 Å². The molecular weight excluding hydrogens is 433 g/mol. The molecule has 0 amide bonds. The van der Waals surface area contributed by atoms with E-state index in [1.807, 2.05) is 25.1 Å². The number of aryl methyl sites for hydroxylation is 1. The summed E-state index contributed by atoms with van der Waals surface area (Å²) in [7, 11) is 2.81. The van der Waals surface area contributed by atoms with Gasteiger partial charge in [0.25, 0.3) is 0 Å². The lowest BCUT2D eigenvalue weighted by Crippen LogP contribution is -2.22. The summed E-state index contributed by atoms with van der Waals surface area (Å²) in [6.45, 7) is 1.87. The van der Waals surface area contributed by atoms with E-state index >= 15 is 0 Å². The largest absolute Gasteiger partial charge is 0.418 e. The molecule has 2 N–H and O–H groups in total. The smallest absolute Gasteiger partial charge is 0.373 e. The van der Waals surface area contributed by atoms with Gasteiger partial charge in [0.1, 0.15) is 11.6 Å². The van der Waals surface area contributed by atoms with Gasteiger partial charge in [0.05, 0.1) is 17.4 Å². The Morgan fingerprint density at radius 3 is 2.48 bits per heavy atom. The molecule has 0 fully saturated rings. The topological polar surface area (TPSA) is 84.9 Å². The number of aromatic nitrogens is 4. The highest BCUT2D eigenvalue weighted by Gasteiger charge is 2.41. The first-order valence-electron chi connectivity index (χ1n) is 10.0. The predicted molar refractivity (Wildman–Crippen MR) is 120 cm³/mol. The van der Waals surface area contributed by atoms with Gasteiger partial charge in [0.15, 0.2) is 6.10 Å². The SMILES string of the molecule is CNc1cc2ncc(-c3cc(Nc4cc(C(OC)C(F)(F)F)ccn4)cnc3C)cc2cn1. The van der Waals surface area contributed by atoms with Crippen molar-refractivity contribution in [3.63, 3.8) is 0 Å². The number of rotatable bonds is 6. The Balaban J connectivity index is 1.65. The fourth-order valence-electron chi connectivity index (χ4n) is 3.48. The molecule has 4 aromatic rings. The van der Waals surface area contributed by atoms with E-state index in [9.17, 15) is 13.2 Å². The zero-order chi connectivity index (χ0) is 23.6. The van der Waals surface area contributed by atoms with Gasteiger partial charge in [-0.2, -0.15) is 13.2 Å². The third-order valence-corrected chi connectivity index (χ3v) is 5.11. The van der Waals surface area contributed by atoms with Crippen LogP contribution in [0.3, 0.4) is 0 Å². The van der Waals surface area contributed by atoms with Crippen LogP contribution in [0.15, 0.2) is 55.1 Å². The fourth-order valence-corrected chi connectivity index (χ4v) is 3.48. The van der Waals surface area contributed by atoms with Gasteiger partial charge in [-0.3, -0.25) is 9.97 Å². The first-order chi connectivity index (χ1) is 15.8. The van der Waals surface area contributed by atoms with Crippen LogP contribution in [0.1, 0.15) is 17.4 Å². The Hall–Kier alpha value is -3.79. The molecule has 1 atom stereocenters. The lowest BCUT2D eigenvalue weighted by Gasteiger charge is -2.19. The van der Waals surface area contributed by atoms with Gasteiger partial charge in [0, 0.05) is 61.0 Å². The molecule has 0 saturated heterocycles. The maximum atomic E-state index is 13.2. The first-order valence-corrected chi connectivity index (χ1v) is 10.0. The zero-order valence-corrected chi connectivity index (χ0v) is 18.1. The second kappa shape index (κ2) is 8.99. The molecule has 33 heavy (non-hydrogen) atoms. The van der Waals surface area contributed by atoms with Crippen molar-refractivity contribution in [1.29, 1.82) is 0 Å². The molecule has 0 aliphatic carbocycles. The summed E-state index contributed by atoms with van der Waals surface area (Å²) in [4.78, 5) is 17.4. The summed E-state index contributed by atoms with van der Waals surface area (Å²) >= 11 is 0. The van der Waals surface area contributed by atoms with Gasteiger partial charge in [0.2, 0.25) is 0 Å². The Morgan fingerprint density at radius 2 is 1.76 bits per heavy atom. The van der Waals surface area contributed by atoms with Crippen molar-refractivity contribution in [2.45, 2.75) is 19.2 Å². The number of hydrogen-bond acceptors (Lipinski definition) is 7. The summed E-state index contributed by atoms with van der Waals surface area (Å²) in [5, 5.41) is 6.88. The van der Waals surface area contributed by atoms with E-state index in [0.717, 1.165) is 40.7 Å². The highest BCUT2D eigenvalue weighted by atomic mass is 19.4. The van der Waals surface area contributed by atoms with E-state index in [1.54, 1.807) is 25.6 Å². The number of alkyl halides is 3. The molecule has 10 heteroatoms. The molecule has 7 nitrogen and oxygen atoms in total. The molecule has 0 aliphatic rings. The summed E-state index contributed by atoms with van der Waals surface area (Å²) in [6.07, 6.45) is -0.172. The Morgan fingerprint density at radius 1 is 0.939 bits per heavy atom. The Bertz CT molecular complexity index is 1290. The van der Waals surface area contributed by atoms with Crippen molar-refractivity contribution in [3.05, 3.63) is 66.4 Å². The van der Waals surface area contributed by atoms with Gasteiger partial charge < -0.3 is 15.4 Å². The highest BCUT2D eigenvalue weighted by molar-refractivity contribution is 5.85. The van der Waals surface area contributed by atoms with Crippen molar-refractivity contribution < 1.29 is 17.9 Å². The van der Waals surface area contributed by atoms with Crippen LogP contribution < -0.4 is 10.6 Å². The highest BCUT2D eigenvalue weighted by Crippen LogP contribution is 2.36. The molecule has 0 aromatic carbocycles. The molecule has 170 valence electrons. The van der Waals surface area contributed by atoms with Crippen LogP contribution in [-0.2, 0) is 4.74 Å². The van der Waals surface area contributed by atoms with E-state index in [2.05, 4.69) is 35.3 Å². The van der Waals surface area contributed by atoms with Crippen molar-refractivity contribution in [3.8, 4) is 11.1 Å². The fraction of sp³-hybridized carbons (Fsp3) is 0.217.